The number of carbonyl (C=O) groups is 2. The SMILES string of the molecule is O=C(O[C@H](C(=O)c1ccccc1)c1ccc([N+](=O)[O-])cc1)c1cc(-c2ccc(Cl)cc2Cl)nc2ccccc12. The summed E-state index contributed by atoms with van der Waals surface area (Å²) in [7, 11) is 0. The molecule has 1 aromatic heterocycles. The Balaban J connectivity index is 1.59. The Morgan fingerprint density at radius 2 is 1.54 bits per heavy atom. The number of ether oxygens (including phenoxy) is 1. The third kappa shape index (κ3) is 5.50. The van der Waals surface area contributed by atoms with Crippen LogP contribution in [0.3, 0.4) is 0 Å². The van der Waals surface area contributed by atoms with E-state index in [0.717, 1.165) is 0 Å². The Bertz CT molecular complexity index is 1720. The van der Waals surface area contributed by atoms with E-state index in [1.807, 2.05) is 0 Å². The first kappa shape index (κ1) is 26.0. The first-order chi connectivity index (χ1) is 18.8. The van der Waals surface area contributed by atoms with Crippen molar-refractivity contribution in [2.75, 3.05) is 0 Å². The third-order valence-electron chi connectivity index (χ3n) is 6.07. The molecule has 0 spiro atoms. The topological polar surface area (TPSA) is 99.4 Å². The van der Waals surface area contributed by atoms with Crippen LogP contribution in [0.25, 0.3) is 22.2 Å². The number of hydrogen-bond acceptors (Lipinski definition) is 6. The van der Waals surface area contributed by atoms with Crippen LogP contribution in [0.4, 0.5) is 5.69 Å². The largest absolute Gasteiger partial charge is 0.445 e. The highest BCUT2D eigenvalue weighted by Crippen LogP contribution is 2.33. The van der Waals surface area contributed by atoms with E-state index in [1.54, 1.807) is 78.9 Å². The molecule has 39 heavy (non-hydrogen) atoms. The highest BCUT2D eigenvalue weighted by Gasteiger charge is 2.28. The van der Waals surface area contributed by atoms with Gasteiger partial charge in [0.2, 0.25) is 5.78 Å². The average Bonchev–Trinajstić information content (AvgIpc) is 2.95. The van der Waals surface area contributed by atoms with E-state index >= 15 is 0 Å². The number of rotatable bonds is 7. The fourth-order valence-electron chi connectivity index (χ4n) is 4.15. The number of non-ortho nitro benzene ring substituents is 1. The van der Waals surface area contributed by atoms with Gasteiger partial charge < -0.3 is 4.74 Å². The summed E-state index contributed by atoms with van der Waals surface area (Å²) in [5.74, 6) is -1.25. The van der Waals surface area contributed by atoms with Gasteiger partial charge in [-0.3, -0.25) is 14.9 Å². The number of fused-ring (bicyclic) bond motifs is 1. The summed E-state index contributed by atoms with van der Waals surface area (Å²) < 4.78 is 5.85. The number of Topliss-reactive ketones (excluding diaryl/α,β-unsaturated/α-hetero) is 1. The molecule has 4 aromatic carbocycles. The number of para-hydroxylation sites is 1. The summed E-state index contributed by atoms with van der Waals surface area (Å²) in [5, 5.41) is 12.5. The Morgan fingerprint density at radius 3 is 2.23 bits per heavy atom. The molecule has 0 aliphatic carbocycles. The zero-order chi connectivity index (χ0) is 27.5. The van der Waals surface area contributed by atoms with Crippen molar-refractivity contribution in [3.63, 3.8) is 0 Å². The van der Waals surface area contributed by atoms with Crippen LogP contribution in [0.5, 0.6) is 0 Å². The standard InChI is InChI=1S/C30H18Cl2N2O5/c31-20-12-15-23(25(32)16-20)27-17-24(22-8-4-5-9-26(22)33-27)30(36)39-29(28(35)18-6-2-1-3-7-18)19-10-13-21(14-11-19)34(37)38/h1-17,29H/t29-/m0/s1. The maximum Gasteiger partial charge on any atom is 0.339 e. The second kappa shape index (κ2) is 11.0. The second-order valence-corrected chi connectivity index (χ2v) is 9.40. The minimum absolute atomic E-state index is 0.152. The smallest absolute Gasteiger partial charge is 0.339 e. The van der Waals surface area contributed by atoms with E-state index in [2.05, 4.69) is 4.98 Å². The van der Waals surface area contributed by atoms with Gasteiger partial charge in [-0.2, -0.15) is 0 Å². The number of hydrogen-bond donors (Lipinski definition) is 0. The van der Waals surface area contributed by atoms with Crippen molar-refractivity contribution >= 4 is 51.5 Å². The summed E-state index contributed by atoms with van der Waals surface area (Å²) >= 11 is 12.5. The van der Waals surface area contributed by atoms with Crippen LogP contribution >= 0.6 is 23.2 Å². The molecule has 0 unspecified atom stereocenters. The van der Waals surface area contributed by atoms with Crippen LogP contribution < -0.4 is 0 Å². The normalized spacial score (nSPS) is 11.6. The molecule has 0 aliphatic rings. The molecular formula is C30H18Cl2N2O5. The lowest BCUT2D eigenvalue weighted by atomic mass is 9.99. The van der Waals surface area contributed by atoms with E-state index in [1.165, 1.54) is 24.3 Å². The zero-order valence-corrected chi connectivity index (χ0v) is 21.6. The Morgan fingerprint density at radius 1 is 0.846 bits per heavy atom. The molecule has 5 rings (SSSR count). The van der Waals surface area contributed by atoms with Crippen LogP contribution in [0.1, 0.15) is 32.4 Å². The predicted octanol–water partition coefficient (Wildman–Crippen LogP) is 7.90. The van der Waals surface area contributed by atoms with Gasteiger partial charge in [0.15, 0.2) is 6.10 Å². The van der Waals surface area contributed by atoms with Gasteiger partial charge >= 0.3 is 5.97 Å². The van der Waals surface area contributed by atoms with Gasteiger partial charge in [-0.15, -0.1) is 0 Å². The van der Waals surface area contributed by atoms with Crippen LogP contribution in [-0.2, 0) is 4.74 Å². The number of nitro benzene ring substituents is 1. The Hall–Kier alpha value is -4.59. The molecule has 0 amide bonds. The fraction of sp³-hybridized carbons (Fsp3) is 0.0333. The lowest BCUT2D eigenvalue weighted by molar-refractivity contribution is -0.384. The van der Waals surface area contributed by atoms with Gasteiger partial charge in [0.05, 0.1) is 26.7 Å². The van der Waals surface area contributed by atoms with E-state index in [4.69, 9.17) is 27.9 Å². The molecule has 1 heterocycles. The maximum absolute atomic E-state index is 13.7. The van der Waals surface area contributed by atoms with Crippen molar-refractivity contribution in [3.05, 3.63) is 140 Å². The summed E-state index contributed by atoms with van der Waals surface area (Å²) in [6, 6.07) is 27.2. The van der Waals surface area contributed by atoms with E-state index in [9.17, 15) is 19.7 Å². The van der Waals surface area contributed by atoms with Crippen LogP contribution in [0, 0.1) is 10.1 Å². The number of benzene rings is 4. The zero-order valence-electron chi connectivity index (χ0n) is 20.1. The summed E-state index contributed by atoms with van der Waals surface area (Å²) in [6.45, 7) is 0. The molecule has 5 aromatic rings. The molecule has 0 bridgehead atoms. The molecule has 0 saturated carbocycles. The lowest BCUT2D eigenvalue weighted by Gasteiger charge is -2.18. The van der Waals surface area contributed by atoms with Crippen molar-refractivity contribution in [3.8, 4) is 11.3 Å². The summed E-state index contributed by atoms with van der Waals surface area (Å²) in [6.07, 6.45) is -1.35. The molecule has 0 aliphatic heterocycles. The summed E-state index contributed by atoms with van der Waals surface area (Å²) in [4.78, 5) is 42.5. The molecule has 0 saturated heterocycles. The van der Waals surface area contributed by atoms with Crippen molar-refractivity contribution < 1.29 is 19.2 Å². The number of carbonyl (C=O) groups excluding carboxylic acids is 2. The molecule has 1 atom stereocenters. The van der Waals surface area contributed by atoms with Gasteiger partial charge in [-0.1, -0.05) is 71.7 Å². The van der Waals surface area contributed by atoms with Gasteiger partial charge in [-0.05, 0) is 42.5 Å². The van der Waals surface area contributed by atoms with Crippen LogP contribution in [0.2, 0.25) is 10.0 Å². The van der Waals surface area contributed by atoms with Crippen molar-refractivity contribution in [2.45, 2.75) is 6.10 Å². The second-order valence-electron chi connectivity index (χ2n) is 8.56. The molecule has 0 fully saturated rings. The minimum atomic E-state index is -1.35. The third-order valence-corrected chi connectivity index (χ3v) is 6.62. The predicted molar refractivity (Wildman–Crippen MR) is 149 cm³/mol. The minimum Gasteiger partial charge on any atom is -0.445 e. The number of nitrogens with zero attached hydrogens (tertiary/aromatic N) is 2. The number of halogens is 2. The van der Waals surface area contributed by atoms with Crippen LogP contribution in [-0.4, -0.2) is 21.7 Å². The number of ketones is 1. The van der Waals surface area contributed by atoms with Gasteiger partial charge in [0, 0.05) is 39.2 Å². The first-order valence-corrected chi connectivity index (χ1v) is 12.5. The molecule has 192 valence electrons. The molecular weight excluding hydrogens is 539 g/mol. The fourth-order valence-corrected chi connectivity index (χ4v) is 4.65. The quantitative estimate of drug-likeness (QED) is 0.0873. The lowest BCUT2D eigenvalue weighted by Crippen LogP contribution is -2.20. The Labute approximate surface area is 232 Å². The van der Waals surface area contributed by atoms with E-state index in [-0.39, 0.29) is 11.3 Å². The number of pyridine rings is 1. The highest BCUT2D eigenvalue weighted by molar-refractivity contribution is 6.36. The number of aromatic nitrogens is 1. The highest BCUT2D eigenvalue weighted by atomic mass is 35.5. The molecule has 7 nitrogen and oxygen atoms in total. The first-order valence-electron chi connectivity index (χ1n) is 11.7. The number of esters is 1. The maximum atomic E-state index is 13.7. The van der Waals surface area contributed by atoms with Gasteiger partial charge in [-0.25, -0.2) is 9.78 Å². The van der Waals surface area contributed by atoms with E-state index < -0.39 is 22.8 Å². The molecule has 0 N–H and O–H groups in total. The average molecular weight is 557 g/mol. The van der Waals surface area contributed by atoms with Crippen molar-refractivity contribution in [2.24, 2.45) is 0 Å². The van der Waals surface area contributed by atoms with Crippen LogP contribution in [0.15, 0.2) is 103 Å². The monoisotopic (exact) mass is 556 g/mol. The summed E-state index contributed by atoms with van der Waals surface area (Å²) in [5.41, 5.74) is 2.14. The molecule has 9 heteroatoms. The Kier molecular flexibility index (Phi) is 7.36. The van der Waals surface area contributed by atoms with Crippen molar-refractivity contribution in [1.29, 1.82) is 0 Å². The molecule has 0 radical (unpaired) electrons. The van der Waals surface area contributed by atoms with Crippen molar-refractivity contribution in [1.82, 2.24) is 4.98 Å². The van der Waals surface area contributed by atoms with E-state index in [0.29, 0.717) is 43.3 Å². The number of nitro groups is 1. The van der Waals surface area contributed by atoms with Gasteiger partial charge in [0.1, 0.15) is 0 Å². The van der Waals surface area contributed by atoms with Gasteiger partial charge in [0.25, 0.3) is 5.69 Å².